The first kappa shape index (κ1) is 16.7. The molecule has 2 rings (SSSR count). The van der Waals surface area contributed by atoms with Crippen molar-refractivity contribution >= 4 is 18.1 Å². The molecule has 1 fully saturated rings. The van der Waals surface area contributed by atoms with Crippen molar-refractivity contribution in [3.05, 3.63) is 33.9 Å². The zero-order valence-corrected chi connectivity index (χ0v) is 12.3. The molecule has 6 nitrogen and oxygen atoms in total. The van der Waals surface area contributed by atoms with Crippen LogP contribution in [0.5, 0.6) is 5.75 Å². The maximum atomic E-state index is 10.8. The van der Waals surface area contributed by atoms with E-state index in [1.807, 2.05) is 0 Å². The van der Waals surface area contributed by atoms with Gasteiger partial charge in [0.1, 0.15) is 5.75 Å². The molecule has 1 aliphatic heterocycles. The van der Waals surface area contributed by atoms with Crippen LogP contribution in [0.1, 0.15) is 18.4 Å². The fourth-order valence-electron chi connectivity index (χ4n) is 2.48. The zero-order chi connectivity index (χ0) is 13.8. The molecule has 1 saturated heterocycles. The van der Waals surface area contributed by atoms with E-state index < -0.39 is 0 Å². The minimum absolute atomic E-state index is 0. The number of nitro benzene ring substituents is 1. The van der Waals surface area contributed by atoms with Crippen molar-refractivity contribution in [3.8, 4) is 5.75 Å². The Hall–Kier alpha value is -1.37. The molecule has 0 amide bonds. The molecule has 112 valence electrons. The Labute approximate surface area is 124 Å². The van der Waals surface area contributed by atoms with E-state index in [1.54, 1.807) is 19.2 Å². The number of methoxy groups -OCH3 is 1. The molecule has 7 heteroatoms. The summed E-state index contributed by atoms with van der Waals surface area (Å²) in [4.78, 5) is 12.7. The lowest BCUT2D eigenvalue weighted by atomic mass is 10.1. The van der Waals surface area contributed by atoms with E-state index in [0.29, 0.717) is 12.3 Å². The first-order valence-corrected chi connectivity index (χ1v) is 6.39. The fraction of sp³-hybridized carbons (Fsp3) is 0.538. The van der Waals surface area contributed by atoms with Crippen molar-refractivity contribution in [3.63, 3.8) is 0 Å². The van der Waals surface area contributed by atoms with Gasteiger partial charge in [0.05, 0.1) is 12.0 Å². The van der Waals surface area contributed by atoms with Crippen LogP contribution in [0, 0.1) is 10.1 Å². The number of rotatable bonds is 4. The molecule has 1 aromatic carbocycles. The number of ether oxygens (including phenoxy) is 1. The molecule has 0 spiro atoms. The molecule has 1 heterocycles. The van der Waals surface area contributed by atoms with Crippen LogP contribution >= 0.6 is 12.4 Å². The van der Waals surface area contributed by atoms with Crippen LogP contribution in [0.25, 0.3) is 0 Å². The largest absolute Gasteiger partial charge is 0.496 e. The van der Waals surface area contributed by atoms with Gasteiger partial charge < -0.3 is 10.5 Å². The van der Waals surface area contributed by atoms with Crippen molar-refractivity contribution < 1.29 is 9.66 Å². The number of piperidine rings is 1. The van der Waals surface area contributed by atoms with Crippen molar-refractivity contribution in [2.45, 2.75) is 25.4 Å². The lowest BCUT2D eigenvalue weighted by molar-refractivity contribution is -0.385. The average Bonchev–Trinajstić information content (AvgIpc) is 2.38. The van der Waals surface area contributed by atoms with E-state index in [2.05, 4.69) is 4.90 Å². The van der Waals surface area contributed by atoms with Crippen molar-refractivity contribution in [1.82, 2.24) is 4.90 Å². The Morgan fingerprint density at radius 2 is 2.30 bits per heavy atom. The SMILES string of the molecule is COc1ccc([N+](=O)[O-])cc1CN1CCCC(N)C1.Cl. The van der Waals surface area contributed by atoms with Crippen molar-refractivity contribution in [1.29, 1.82) is 0 Å². The van der Waals surface area contributed by atoms with Gasteiger partial charge in [-0.05, 0) is 25.5 Å². The Morgan fingerprint density at radius 1 is 1.55 bits per heavy atom. The quantitative estimate of drug-likeness (QED) is 0.679. The van der Waals surface area contributed by atoms with Gasteiger partial charge >= 0.3 is 0 Å². The fourth-order valence-corrected chi connectivity index (χ4v) is 2.48. The molecule has 0 aromatic heterocycles. The topological polar surface area (TPSA) is 81.6 Å². The molecule has 1 aliphatic rings. The maximum Gasteiger partial charge on any atom is 0.270 e. The molecular weight excluding hydrogens is 282 g/mol. The highest BCUT2D eigenvalue weighted by atomic mass is 35.5. The Bertz CT molecular complexity index is 470. The average molecular weight is 302 g/mol. The van der Waals surface area contributed by atoms with Gasteiger partial charge in [-0.2, -0.15) is 0 Å². The second kappa shape index (κ2) is 7.42. The normalized spacial score (nSPS) is 19.2. The molecular formula is C13H20ClN3O3. The molecule has 0 aliphatic carbocycles. The van der Waals surface area contributed by atoms with Crippen LogP contribution in [-0.4, -0.2) is 36.1 Å². The van der Waals surface area contributed by atoms with Gasteiger partial charge in [-0.3, -0.25) is 15.0 Å². The summed E-state index contributed by atoms with van der Waals surface area (Å²) in [6.45, 7) is 2.43. The number of halogens is 1. The van der Waals surface area contributed by atoms with Crippen LogP contribution < -0.4 is 10.5 Å². The van der Waals surface area contributed by atoms with Gasteiger partial charge in [0.15, 0.2) is 0 Å². The van der Waals surface area contributed by atoms with Gasteiger partial charge in [0.25, 0.3) is 5.69 Å². The van der Waals surface area contributed by atoms with Gasteiger partial charge in [-0.1, -0.05) is 0 Å². The van der Waals surface area contributed by atoms with Crippen molar-refractivity contribution in [2.24, 2.45) is 5.73 Å². The Balaban J connectivity index is 0.00000200. The van der Waals surface area contributed by atoms with Crippen LogP contribution in [-0.2, 0) is 6.54 Å². The molecule has 20 heavy (non-hydrogen) atoms. The summed E-state index contributed by atoms with van der Waals surface area (Å²) in [5.74, 6) is 0.685. The lowest BCUT2D eigenvalue weighted by Gasteiger charge is -2.30. The van der Waals surface area contributed by atoms with Gasteiger partial charge in [0, 0.05) is 36.8 Å². The van der Waals surface area contributed by atoms with E-state index in [4.69, 9.17) is 10.5 Å². The minimum atomic E-state index is -0.384. The third-order valence-electron chi connectivity index (χ3n) is 3.41. The molecule has 0 saturated carbocycles. The third kappa shape index (κ3) is 4.06. The number of nitro groups is 1. The molecule has 1 atom stereocenters. The smallest absolute Gasteiger partial charge is 0.270 e. The van der Waals surface area contributed by atoms with Crippen molar-refractivity contribution in [2.75, 3.05) is 20.2 Å². The van der Waals surface area contributed by atoms with Gasteiger partial charge in [-0.15, -0.1) is 12.4 Å². The summed E-state index contributed by atoms with van der Waals surface area (Å²) in [6.07, 6.45) is 2.11. The third-order valence-corrected chi connectivity index (χ3v) is 3.41. The number of nitrogens with two attached hydrogens (primary N) is 1. The van der Waals surface area contributed by atoms with Crippen LogP contribution in [0.2, 0.25) is 0 Å². The number of hydrogen-bond donors (Lipinski definition) is 1. The first-order valence-electron chi connectivity index (χ1n) is 6.39. The van der Waals surface area contributed by atoms with Crippen LogP contribution in [0.3, 0.4) is 0 Å². The number of benzene rings is 1. The molecule has 0 bridgehead atoms. The highest BCUT2D eigenvalue weighted by molar-refractivity contribution is 5.85. The summed E-state index contributed by atoms with van der Waals surface area (Å²) in [5, 5.41) is 10.8. The van der Waals surface area contributed by atoms with E-state index in [9.17, 15) is 10.1 Å². The summed E-state index contributed by atoms with van der Waals surface area (Å²) in [7, 11) is 1.58. The highest BCUT2D eigenvalue weighted by Gasteiger charge is 2.19. The molecule has 1 unspecified atom stereocenters. The van der Waals surface area contributed by atoms with E-state index in [0.717, 1.165) is 31.5 Å². The number of likely N-dealkylation sites (tertiary alicyclic amines) is 1. The summed E-state index contributed by atoms with van der Waals surface area (Å²) in [6, 6.07) is 4.89. The predicted octanol–water partition coefficient (Wildman–Crippen LogP) is 1.95. The first-order chi connectivity index (χ1) is 9.10. The summed E-state index contributed by atoms with van der Waals surface area (Å²) < 4.78 is 5.27. The molecule has 2 N–H and O–H groups in total. The Kier molecular flexibility index (Phi) is 6.19. The lowest BCUT2D eigenvalue weighted by Crippen LogP contribution is -2.42. The standard InChI is InChI=1S/C13H19N3O3.ClH/c1-19-13-5-4-12(16(17)18)7-10(13)8-15-6-2-3-11(14)9-15;/h4-5,7,11H,2-3,6,8-9,14H2,1H3;1H. The minimum Gasteiger partial charge on any atom is -0.496 e. The predicted molar refractivity (Wildman–Crippen MR) is 79.4 cm³/mol. The Morgan fingerprint density at radius 3 is 2.90 bits per heavy atom. The number of hydrogen-bond acceptors (Lipinski definition) is 5. The summed E-state index contributed by atoms with van der Waals surface area (Å²) in [5.41, 5.74) is 6.88. The van der Waals surface area contributed by atoms with Crippen LogP contribution in [0.15, 0.2) is 18.2 Å². The second-order valence-electron chi connectivity index (χ2n) is 4.89. The summed E-state index contributed by atoms with van der Waals surface area (Å²) >= 11 is 0. The zero-order valence-electron chi connectivity index (χ0n) is 11.4. The second-order valence-corrected chi connectivity index (χ2v) is 4.89. The van der Waals surface area contributed by atoms with E-state index in [-0.39, 0.29) is 29.1 Å². The van der Waals surface area contributed by atoms with Gasteiger partial charge in [0.2, 0.25) is 0 Å². The monoisotopic (exact) mass is 301 g/mol. The van der Waals surface area contributed by atoms with E-state index >= 15 is 0 Å². The molecule has 0 radical (unpaired) electrons. The number of non-ortho nitro benzene ring substituents is 1. The maximum absolute atomic E-state index is 10.8. The van der Waals surface area contributed by atoms with Gasteiger partial charge in [-0.25, -0.2) is 0 Å². The van der Waals surface area contributed by atoms with Crippen LogP contribution in [0.4, 0.5) is 5.69 Å². The molecule has 1 aromatic rings. The number of nitrogens with zero attached hydrogens (tertiary/aromatic N) is 2. The highest BCUT2D eigenvalue weighted by Crippen LogP contribution is 2.26. The van der Waals surface area contributed by atoms with E-state index in [1.165, 1.54) is 6.07 Å².